The predicted octanol–water partition coefficient (Wildman–Crippen LogP) is 5.03. The molecule has 2 heterocycles. The topological polar surface area (TPSA) is 105 Å². The van der Waals surface area contributed by atoms with E-state index in [9.17, 15) is 19.2 Å². The first-order chi connectivity index (χ1) is 24.5. The van der Waals surface area contributed by atoms with Crippen molar-refractivity contribution in [3.63, 3.8) is 0 Å². The molecule has 4 aliphatic rings. The van der Waals surface area contributed by atoms with Gasteiger partial charge in [-0.05, 0) is 90.9 Å². The Balaban J connectivity index is 1.02. The molecule has 51 heavy (non-hydrogen) atoms. The van der Waals surface area contributed by atoms with E-state index in [1.165, 1.54) is 31.4 Å². The minimum Gasteiger partial charge on any atom is -0.385 e. The second-order valence-electron chi connectivity index (χ2n) is 14.1. The number of likely N-dealkylation sites (tertiary alicyclic amines) is 1. The number of nitrogens with one attached hydrogen (secondary N) is 2. The second-order valence-corrected chi connectivity index (χ2v) is 16.8. The fraction of sp³-hybridized carbons (Fsp3) is 0.436. The van der Waals surface area contributed by atoms with E-state index >= 15 is 0 Å². The number of amides is 4. The smallest absolute Gasteiger partial charge is 0.261 e. The van der Waals surface area contributed by atoms with Gasteiger partial charge in [-0.2, -0.15) is 0 Å². The Labute approximate surface area is 308 Å². The molecule has 270 valence electrons. The highest BCUT2D eigenvalue weighted by atomic mass is 33.1. The first kappa shape index (κ1) is 36.9. The summed E-state index contributed by atoms with van der Waals surface area (Å²) in [5.74, 6) is -0.230. The summed E-state index contributed by atoms with van der Waals surface area (Å²) in [6.07, 6.45) is 11.7. The van der Waals surface area contributed by atoms with Crippen LogP contribution in [0.1, 0.15) is 40.5 Å². The lowest BCUT2D eigenvalue weighted by molar-refractivity contribution is -0.152. The summed E-state index contributed by atoms with van der Waals surface area (Å²) in [4.78, 5) is 61.7. The van der Waals surface area contributed by atoms with Gasteiger partial charge in [0.1, 0.15) is 0 Å². The summed E-state index contributed by atoms with van der Waals surface area (Å²) in [5, 5.41) is 8.60. The number of rotatable bonds is 17. The van der Waals surface area contributed by atoms with Crippen molar-refractivity contribution in [1.29, 1.82) is 0 Å². The highest BCUT2D eigenvalue weighted by Gasteiger charge is 2.54. The maximum atomic E-state index is 13.9. The van der Waals surface area contributed by atoms with E-state index in [0.717, 1.165) is 61.4 Å². The van der Waals surface area contributed by atoms with Gasteiger partial charge in [-0.3, -0.25) is 29.0 Å². The first-order valence-electron chi connectivity index (χ1n) is 17.6. The largest absolute Gasteiger partial charge is 0.385 e. The molecule has 4 amide bonds. The molecule has 1 saturated heterocycles. The summed E-state index contributed by atoms with van der Waals surface area (Å²) in [6, 6.07) is 9.39. The lowest BCUT2D eigenvalue weighted by atomic mass is 9.62. The van der Waals surface area contributed by atoms with Crippen LogP contribution in [0, 0.1) is 11.3 Å². The molecule has 0 bridgehead atoms. The van der Waals surface area contributed by atoms with Crippen molar-refractivity contribution in [3.8, 4) is 0 Å². The summed E-state index contributed by atoms with van der Waals surface area (Å²) in [5.41, 5.74) is 3.77. The monoisotopic (exact) mass is 728 g/mol. The quantitative estimate of drug-likeness (QED) is 0.131. The molecule has 6 rings (SSSR count). The Morgan fingerprint density at radius 1 is 0.784 bits per heavy atom. The summed E-state index contributed by atoms with van der Waals surface area (Å²) >= 11 is 0. The molecule has 0 spiro atoms. The van der Waals surface area contributed by atoms with E-state index in [1.54, 1.807) is 6.07 Å². The van der Waals surface area contributed by atoms with Gasteiger partial charge in [0.05, 0.1) is 5.41 Å². The summed E-state index contributed by atoms with van der Waals surface area (Å²) < 4.78 is 0. The van der Waals surface area contributed by atoms with Gasteiger partial charge in [-0.25, -0.2) is 0 Å². The van der Waals surface area contributed by atoms with E-state index < -0.39 is 5.41 Å². The maximum absolute atomic E-state index is 13.9. The van der Waals surface area contributed by atoms with E-state index in [1.807, 2.05) is 75.7 Å². The molecule has 1 fully saturated rings. The molecular weight excluding hydrogens is 681 g/mol. The van der Waals surface area contributed by atoms with Crippen molar-refractivity contribution in [2.45, 2.75) is 19.8 Å². The molecule has 10 nitrogen and oxygen atoms in total. The van der Waals surface area contributed by atoms with Gasteiger partial charge >= 0.3 is 0 Å². The van der Waals surface area contributed by atoms with Gasteiger partial charge in [-0.15, -0.1) is 0 Å². The van der Waals surface area contributed by atoms with Crippen LogP contribution < -0.4 is 10.6 Å². The minimum absolute atomic E-state index is 0.180. The van der Waals surface area contributed by atoms with Crippen molar-refractivity contribution in [2.75, 3.05) is 84.3 Å². The molecule has 12 heteroatoms. The summed E-state index contributed by atoms with van der Waals surface area (Å²) in [6.45, 7) is 6.02. The molecule has 2 aliphatic heterocycles. The SMILES string of the molecule is CN(C)CCCNC1=C2C=CC=C3C(=O)N(CCSSCCN4C(=O)c5cccc6c(NCCCN(C)C)ccc(c56)C4=O)C(=O)C(C)(C=C1)C32. The molecule has 0 aromatic heterocycles. The Morgan fingerprint density at radius 3 is 2.12 bits per heavy atom. The average molecular weight is 729 g/mol. The lowest BCUT2D eigenvalue weighted by Crippen LogP contribution is -2.57. The Kier molecular flexibility index (Phi) is 11.5. The lowest BCUT2D eigenvalue weighted by Gasteiger charge is -2.47. The standard InChI is InChI=1S/C39H48N6O4S2/c1-39-17-16-32(41-19-9-21-43(4)5)27-11-7-13-30(34(27)39)37(48)45(38(39)49)23-25-51-50-24-22-44-35(46)28-12-6-10-26-31(40-18-8-20-42(2)3)15-14-29(33(26)28)36(44)47/h6-7,10-17,34,40-41H,8-9,18-25H2,1-5H3. The fourth-order valence-electron chi connectivity index (χ4n) is 7.36. The van der Waals surface area contributed by atoms with Crippen LogP contribution in [0.15, 0.2) is 77.6 Å². The number of hydrogen-bond donors (Lipinski definition) is 2. The maximum Gasteiger partial charge on any atom is 0.261 e. The molecule has 2 unspecified atom stereocenters. The second kappa shape index (κ2) is 15.8. The highest BCUT2D eigenvalue weighted by Crippen LogP contribution is 2.50. The van der Waals surface area contributed by atoms with Crippen molar-refractivity contribution in [3.05, 3.63) is 88.7 Å². The zero-order valence-electron chi connectivity index (χ0n) is 30.2. The number of carbonyl (C=O) groups excluding carboxylic acids is 4. The minimum atomic E-state index is -0.844. The van der Waals surface area contributed by atoms with Gasteiger partial charge in [0, 0.05) is 82.5 Å². The molecule has 2 N–H and O–H groups in total. The number of anilines is 1. The fourth-order valence-corrected chi connectivity index (χ4v) is 9.27. The summed E-state index contributed by atoms with van der Waals surface area (Å²) in [7, 11) is 11.3. The van der Waals surface area contributed by atoms with E-state index in [2.05, 4.69) is 34.5 Å². The first-order valence-corrected chi connectivity index (χ1v) is 20.1. The third-order valence-corrected chi connectivity index (χ3v) is 12.3. The molecule has 2 aliphatic carbocycles. The van der Waals surface area contributed by atoms with E-state index in [0.29, 0.717) is 33.6 Å². The molecule has 2 atom stereocenters. The molecule has 2 aromatic rings. The number of benzene rings is 2. The zero-order chi connectivity index (χ0) is 36.3. The van der Waals surface area contributed by atoms with Crippen LogP contribution in [0.2, 0.25) is 0 Å². The Hall–Kier alpha value is -3.84. The van der Waals surface area contributed by atoms with Crippen LogP contribution in [0.3, 0.4) is 0 Å². The van der Waals surface area contributed by atoms with E-state index in [-0.39, 0.29) is 42.6 Å². The normalized spacial score (nSPS) is 21.0. The van der Waals surface area contributed by atoms with Crippen LogP contribution in [0.25, 0.3) is 10.8 Å². The number of hydrogen-bond acceptors (Lipinski definition) is 10. The Morgan fingerprint density at radius 2 is 1.43 bits per heavy atom. The van der Waals surface area contributed by atoms with Crippen molar-refractivity contribution >= 4 is 61.7 Å². The zero-order valence-corrected chi connectivity index (χ0v) is 31.8. The van der Waals surface area contributed by atoms with E-state index in [4.69, 9.17) is 0 Å². The molecule has 0 radical (unpaired) electrons. The van der Waals surface area contributed by atoms with Gasteiger partial charge in [-0.1, -0.05) is 58.0 Å². The van der Waals surface area contributed by atoms with Crippen molar-refractivity contribution in [1.82, 2.24) is 24.9 Å². The van der Waals surface area contributed by atoms with Crippen molar-refractivity contribution < 1.29 is 19.2 Å². The number of piperidine rings is 1. The predicted molar refractivity (Wildman–Crippen MR) is 209 cm³/mol. The van der Waals surface area contributed by atoms with Gasteiger partial charge < -0.3 is 20.4 Å². The number of allylic oxidation sites excluding steroid dienone is 5. The molecule has 2 aromatic carbocycles. The molecular formula is C39H48N6O4S2. The third kappa shape index (κ3) is 7.42. The van der Waals surface area contributed by atoms with Gasteiger partial charge in [0.2, 0.25) is 5.91 Å². The number of imide groups is 2. The van der Waals surface area contributed by atoms with Crippen LogP contribution in [0.5, 0.6) is 0 Å². The molecule has 0 saturated carbocycles. The van der Waals surface area contributed by atoms with Gasteiger partial charge in [0.25, 0.3) is 17.7 Å². The van der Waals surface area contributed by atoms with Crippen LogP contribution in [-0.4, -0.2) is 122 Å². The van der Waals surface area contributed by atoms with Crippen LogP contribution in [-0.2, 0) is 9.59 Å². The van der Waals surface area contributed by atoms with Gasteiger partial charge in [0.15, 0.2) is 0 Å². The van der Waals surface area contributed by atoms with Crippen LogP contribution in [0.4, 0.5) is 5.69 Å². The highest BCUT2D eigenvalue weighted by molar-refractivity contribution is 8.76. The number of nitrogens with zero attached hydrogens (tertiary/aromatic N) is 4. The third-order valence-electron chi connectivity index (χ3n) is 9.95. The number of carbonyl (C=O) groups is 4. The average Bonchev–Trinajstić information content (AvgIpc) is 3.11. The van der Waals surface area contributed by atoms with Crippen molar-refractivity contribution in [2.24, 2.45) is 11.3 Å². The van der Waals surface area contributed by atoms with Crippen LogP contribution >= 0.6 is 21.6 Å². The Bertz CT molecular complexity index is 1830.